The molecule has 0 unspecified atom stereocenters. The fraction of sp³-hybridized carbons (Fsp3) is 0.615. The fourth-order valence-electron chi connectivity index (χ4n) is 1.75. The van der Waals surface area contributed by atoms with Crippen molar-refractivity contribution in [3.63, 3.8) is 0 Å². The summed E-state index contributed by atoms with van der Waals surface area (Å²) in [5.41, 5.74) is 1.16. The molecule has 0 atom stereocenters. The smallest absolute Gasteiger partial charge is 0.217 e. The second kappa shape index (κ2) is 4.94. The lowest BCUT2D eigenvalue weighted by Crippen LogP contribution is -2.16. The Kier molecular flexibility index (Phi) is 3.34. The zero-order valence-electron chi connectivity index (χ0n) is 9.79. The number of nitrogens with one attached hydrogen (secondary N) is 1. The van der Waals surface area contributed by atoms with Gasteiger partial charge in [0.2, 0.25) is 5.88 Å². The first-order chi connectivity index (χ1) is 8.31. The number of rotatable bonds is 6. The first-order valence-corrected chi connectivity index (χ1v) is 7.11. The predicted octanol–water partition coefficient (Wildman–Crippen LogP) is 2.88. The van der Waals surface area contributed by atoms with Gasteiger partial charge in [-0.05, 0) is 53.6 Å². The number of ether oxygens (including phenoxy) is 1. The third kappa shape index (κ3) is 3.42. The van der Waals surface area contributed by atoms with Gasteiger partial charge in [0.25, 0.3) is 0 Å². The van der Waals surface area contributed by atoms with Crippen LogP contribution in [-0.4, -0.2) is 17.6 Å². The summed E-state index contributed by atoms with van der Waals surface area (Å²) >= 11 is 3.47. The van der Waals surface area contributed by atoms with Gasteiger partial charge in [-0.15, -0.1) is 0 Å². The van der Waals surface area contributed by atoms with Crippen molar-refractivity contribution in [1.82, 2.24) is 10.3 Å². The van der Waals surface area contributed by atoms with Gasteiger partial charge in [-0.25, -0.2) is 4.98 Å². The van der Waals surface area contributed by atoms with Gasteiger partial charge in [-0.2, -0.15) is 0 Å². The lowest BCUT2D eigenvalue weighted by atomic mass is 10.2. The van der Waals surface area contributed by atoms with Crippen molar-refractivity contribution in [2.45, 2.75) is 38.3 Å². The monoisotopic (exact) mass is 296 g/mol. The highest BCUT2D eigenvalue weighted by atomic mass is 79.9. The van der Waals surface area contributed by atoms with E-state index in [1.54, 1.807) is 0 Å². The van der Waals surface area contributed by atoms with E-state index in [0.717, 1.165) is 35.0 Å². The van der Waals surface area contributed by atoms with E-state index in [4.69, 9.17) is 4.74 Å². The molecule has 17 heavy (non-hydrogen) atoms. The molecule has 1 heterocycles. The van der Waals surface area contributed by atoms with Crippen LogP contribution in [0, 0.1) is 5.92 Å². The average molecular weight is 297 g/mol. The van der Waals surface area contributed by atoms with E-state index in [1.165, 1.54) is 25.7 Å². The molecule has 0 radical (unpaired) electrons. The first-order valence-electron chi connectivity index (χ1n) is 6.32. The molecule has 2 saturated carbocycles. The van der Waals surface area contributed by atoms with Crippen LogP contribution in [0.5, 0.6) is 5.88 Å². The SMILES string of the molecule is Brc1cnc(OCC2CC2)c(CNC2CC2)c1. The summed E-state index contributed by atoms with van der Waals surface area (Å²) in [5, 5.41) is 3.50. The van der Waals surface area contributed by atoms with Crippen LogP contribution in [0.2, 0.25) is 0 Å². The van der Waals surface area contributed by atoms with Crippen molar-refractivity contribution in [1.29, 1.82) is 0 Å². The number of pyridine rings is 1. The van der Waals surface area contributed by atoms with Gasteiger partial charge in [-0.3, -0.25) is 0 Å². The molecule has 2 fully saturated rings. The third-order valence-electron chi connectivity index (χ3n) is 3.20. The van der Waals surface area contributed by atoms with Gasteiger partial charge in [0.1, 0.15) is 0 Å². The zero-order chi connectivity index (χ0) is 11.7. The van der Waals surface area contributed by atoms with E-state index in [0.29, 0.717) is 6.04 Å². The number of hydrogen-bond donors (Lipinski definition) is 1. The van der Waals surface area contributed by atoms with E-state index in [1.807, 2.05) is 6.20 Å². The van der Waals surface area contributed by atoms with Crippen molar-refractivity contribution in [2.24, 2.45) is 5.92 Å². The predicted molar refractivity (Wildman–Crippen MR) is 70.0 cm³/mol. The molecule has 2 aliphatic carbocycles. The molecule has 0 spiro atoms. The molecular formula is C13H17BrN2O. The number of nitrogens with zero attached hydrogens (tertiary/aromatic N) is 1. The fourth-order valence-corrected chi connectivity index (χ4v) is 2.13. The molecule has 0 saturated heterocycles. The summed E-state index contributed by atoms with van der Waals surface area (Å²) < 4.78 is 6.81. The van der Waals surface area contributed by atoms with Crippen LogP contribution in [0.3, 0.4) is 0 Å². The molecule has 1 aromatic heterocycles. The summed E-state index contributed by atoms with van der Waals surface area (Å²) in [4.78, 5) is 4.37. The molecule has 2 aliphatic rings. The largest absolute Gasteiger partial charge is 0.477 e. The molecule has 92 valence electrons. The minimum absolute atomic E-state index is 0.713. The number of aromatic nitrogens is 1. The van der Waals surface area contributed by atoms with Crippen molar-refractivity contribution in [2.75, 3.05) is 6.61 Å². The number of halogens is 1. The van der Waals surface area contributed by atoms with Crippen molar-refractivity contribution < 1.29 is 4.74 Å². The van der Waals surface area contributed by atoms with Crippen molar-refractivity contribution in [3.8, 4) is 5.88 Å². The first kappa shape index (κ1) is 11.5. The zero-order valence-corrected chi connectivity index (χ0v) is 11.4. The van der Waals surface area contributed by atoms with Crippen LogP contribution in [0.25, 0.3) is 0 Å². The summed E-state index contributed by atoms with van der Waals surface area (Å²) in [6, 6.07) is 2.82. The van der Waals surface area contributed by atoms with Gasteiger partial charge < -0.3 is 10.1 Å². The Hall–Kier alpha value is -0.610. The second-order valence-electron chi connectivity index (χ2n) is 5.03. The summed E-state index contributed by atoms with van der Waals surface area (Å²) in [5.74, 6) is 1.57. The minimum atomic E-state index is 0.713. The summed E-state index contributed by atoms with van der Waals surface area (Å²) in [6.07, 6.45) is 7.04. The normalized spacial score (nSPS) is 19.4. The molecule has 1 N–H and O–H groups in total. The Morgan fingerprint density at radius 3 is 2.88 bits per heavy atom. The Balaban J connectivity index is 1.64. The van der Waals surface area contributed by atoms with Crippen LogP contribution in [0.4, 0.5) is 0 Å². The molecule has 4 heteroatoms. The van der Waals surface area contributed by atoms with E-state index in [-0.39, 0.29) is 0 Å². The standard InChI is InChI=1S/C13H17BrN2O/c14-11-5-10(6-15-12-3-4-12)13(16-7-11)17-8-9-1-2-9/h5,7,9,12,15H,1-4,6,8H2. The van der Waals surface area contributed by atoms with Crippen LogP contribution in [0.1, 0.15) is 31.2 Å². The third-order valence-corrected chi connectivity index (χ3v) is 3.64. The lowest BCUT2D eigenvalue weighted by Gasteiger charge is -2.11. The van der Waals surface area contributed by atoms with E-state index < -0.39 is 0 Å². The lowest BCUT2D eigenvalue weighted by molar-refractivity contribution is 0.284. The highest BCUT2D eigenvalue weighted by molar-refractivity contribution is 9.10. The quantitative estimate of drug-likeness (QED) is 0.876. The highest BCUT2D eigenvalue weighted by Gasteiger charge is 2.23. The van der Waals surface area contributed by atoms with Crippen molar-refractivity contribution >= 4 is 15.9 Å². The van der Waals surface area contributed by atoms with Crippen LogP contribution in [0.15, 0.2) is 16.7 Å². The van der Waals surface area contributed by atoms with Gasteiger partial charge in [0.15, 0.2) is 0 Å². The maximum atomic E-state index is 5.80. The van der Waals surface area contributed by atoms with Crippen molar-refractivity contribution in [3.05, 3.63) is 22.3 Å². The average Bonchev–Trinajstić information content (AvgIpc) is 3.18. The maximum Gasteiger partial charge on any atom is 0.217 e. The molecule has 0 aromatic carbocycles. The topological polar surface area (TPSA) is 34.1 Å². The molecule has 3 rings (SSSR count). The summed E-state index contributed by atoms with van der Waals surface area (Å²) in [7, 11) is 0. The van der Waals surface area contributed by atoms with Gasteiger partial charge in [0, 0.05) is 28.8 Å². The molecule has 3 nitrogen and oxygen atoms in total. The molecular weight excluding hydrogens is 280 g/mol. The van der Waals surface area contributed by atoms with Crippen LogP contribution < -0.4 is 10.1 Å². The Morgan fingerprint density at radius 2 is 2.18 bits per heavy atom. The van der Waals surface area contributed by atoms with Gasteiger partial charge >= 0.3 is 0 Å². The van der Waals surface area contributed by atoms with Gasteiger partial charge in [0.05, 0.1) is 6.61 Å². The molecule has 1 aromatic rings. The highest BCUT2D eigenvalue weighted by Crippen LogP contribution is 2.30. The number of hydrogen-bond acceptors (Lipinski definition) is 3. The van der Waals surface area contributed by atoms with Crippen LogP contribution in [-0.2, 0) is 6.54 Å². The summed E-state index contributed by atoms with van der Waals surface area (Å²) in [6.45, 7) is 1.68. The molecule has 0 aliphatic heterocycles. The second-order valence-corrected chi connectivity index (χ2v) is 5.94. The minimum Gasteiger partial charge on any atom is -0.477 e. The Bertz CT molecular complexity index is 402. The Labute approximate surface area is 110 Å². The van der Waals surface area contributed by atoms with Crippen LogP contribution >= 0.6 is 15.9 Å². The Morgan fingerprint density at radius 1 is 1.35 bits per heavy atom. The van der Waals surface area contributed by atoms with Gasteiger partial charge in [-0.1, -0.05) is 0 Å². The van der Waals surface area contributed by atoms with E-state index in [2.05, 4.69) is 32.3 Å². The van der Waals surface area contributed by atoms with E-state index >= 15 is 0 Å². The molecule has 0 amide bonds. The van der Waals surface area contributed by atoms with E-state index in [9.17, 15) is 0 Å². The maximum absolute atomic E-state index is 5.80. The molecule has 0 bridgehead atoms.